The molecule has 0 radical (unpaired) electrons. The Bertz CT molecular complexity index is 836. The number of amides is 1. The van der Waals surface area contributed by atoms with Gasteiger partial charge in [-0.25, -0.2) is 4.39 Å². The van der Waals surface area contributed by atoms with Gasteiger partial charge in [0.2, 0.25) is 0 Å². The summed E-state index contributed by atoms with van der Waals surface area (Å²) in [5.74, 6) is -0.471. The lowest BCUT2D eigenvalue weighted by molar-refractivity contribution is -0.122. The van der Waals surface area contributed by atoms with Crippen molar-refractivity contribution in [1.82, 2.24) is 5.32 Å². The summed E-state index contributed by atoms with van der Waals surface area (Å²) in [4.78, 5) is 17.1. The highest BCUT2D eigenvalue weighted by Gasteiger charge is 2.53. The van der Waals surface area contributed by atoms with E-state index in [1.165, 1.54) is 6.07 Å². The highest BCUT2D eigenvalue weighted by atomic mass is 35.5. The first-order valence-corrected chi connectivity index (χ1v) is 9.22. The summed E-state index contributed by atoms with van der Waals surface area (Å²) in [5, 5.41) is 3.78. The number of carbonyl (C=O) groups excluding carboxylic acids is 1. The van der Waals surface area contributed by atoms with Crippen molar-refractivity contribution in [3.8, 4) is 0 Å². The van der Waals surface area contributed by atoms with Gasteiger partial charge < -0.3 is 10.2 Å². The van der Waals surface area contributed by atoms with Gasteiger partial charge in [0.15, 0.2) is 0 Å². The molecule has 0 aliphatic carbocycles. The molecule has 2 aliphatic rings. The molecular formula is C20H21ClFN3O. The molecule has 2 aromatic carbocycles. The molecule has 2 fully saturated rings. The molecule has 4 rings (SSSR count). The SMILES string of the molecule is Cc1cc(F)c(N2CN(c3ccccc3)C3(CCNCC3)C2=O)cc1Cl. The number of hydrogen-bond acceptors (Lipinski definition) is 3. The number of aryl methyl sites for hydroxylation is 1. The van der Waals surface area contributed by atoms with E-state index in [0.717, 1.165) is 18.8 Å². The van der Waals surface area contributed by atoms with E-state index in [2.05, 4.69) is 10.2 Å². The van der Waals surface area contributed by atoms with Crippen molar-refractivity contribution >= 4 is 28.9 Å². The summed E-state index contributed by atoms with van der Waals surface area (Å²) < 4.78 is 14.7. The van der Waals surface area contributed by atoms with Crippen LogP contribution in [-0.2, 0) is 4.79 Å². The number of halogens is 2. The third-order valence-electron chi connectivity index (χ3n) is 5.46. The van der Waals surface area contributed by atoms with Gasteiger partial charge in [-0.1, -0.05) is 29.8 Å². The number of para-hydroxylation sites is 1. The third-order valence-corrected chi connectivity index (χ3v) is 5.87. The monoisotopic (exact) mass is 373 g/mol. The zero-order valence-electron chi connectivity index (χ0n) is 14.6. The maximum absolute atomic E-state index is 14.7. The lowest BCUT2D eigenvalue weighted by Crippen LogP contribution is -2.55. The van der Waals surface area contributed by atoms with Crippen LogP contribution in [0.15, 0.2) is 42.5 Å². The Balaban J connectivity index is 1.79. The van der Waals surface area contributed by atoms with E-state index in [1.54, 1.807) is 17.9 Å². The van der Waals surface area contributed by atoms with Crippen molar-refractivity contribution in [3.05, 3.63) is 58.9 Å². The van der Waals surface area contributed by atoms with Crippen LogP contribution in [-0.4, -0.2) is 31.2 Å². The third kappa shape index (κ3) is 2.66. The molecule has 0 bridgehead atoms. The molecule has 2 heterocycles. The number of rotatable bonds is 2. The van der Waals surface area contributed by atoms with Crippen LogP contribution in [0.5, 0.6) is 0 Å². The Kier molecular flexibility index (Phi) is 4.37. The molecule has 26 heavy (non-hydrogen) atoms. The largest absolute Gasteiger partial charge is 0.338 e. The summed E-state index contributed by atoms with van der Waals surface area (Å²) in [5.41, 5.74) is 1.25. The lowest BCUT2D eigenvalue weighted by atomic mass is 9.86. The minimum atomic E-state index is -0.642. The van der Waals surface area contributed by atoms with Crippen molar-refractivity contribution in [2.45, 2.75) is 25.3 Å². The first-order chi connectivity index (χ1) is 12.5. The van der Waals surface area contributed by atoms with Gasteiger partial charge in [-0.05, 0) is 62.7 Å². The second kappa shape index (κ2) is 6.56. The van der Waals surface area contributed by atoms with Gasteiger partial charge in [0.05, 0.1) is 12.4 Å². The molecule has 0 atom stereocenters. The predicted molar refractivity (Wildman–Crippen MR) is 102 cm³/mol. The number of piperidine rings is 1. The van der Waals surface area contributed by atoms with E-state index in [1.807, 2.05) is 30.3 Å². The quantitative estimate of drug-likeness (QED) is 0.871. The molecule has 0 aromatic heterocycles. The Morgan fingerprint density at radius 3 is 2.54 bits per heavy atom. The van der Waals surface area contributed by atoms with Crippen molar-refractivity contribution in [2.24, 2.45) is 0 Å². The van der Waals surface area contributed by atoms with Gasteiger partial charge in [-0.15, -0.1) is 0 Å². The summed E-state index contributed by atoms with van der Waals surface area (Å²) in [6.07, 6.45) is 1.39. The molecule has 0 saturated carbocycles. The maximum atomic E-state index is 14.7. The fourth-order valence-electron chi connectivity index (χ4n) is 4.00. The van der Waals surface area contributed by atoms with Gasteiger partial charge >= 0.3 is 0 Å². The maximum Gasteiger partial charge on any atom is 0.254 e. The topological polar surface area (TPSA) is 35.6 Å². The van der Waals surface area contributed by atoms with Crippen molar-refractivity contribution < 1.29 is 9.18 Å². The summed E-state index contributed by atoms with van der Waals surface area (Å²) in [6, 6.07) is 12.8. The Morgan fingerprint density at radius 2 is 1.85 bits per heavy atom. The number of nitrogens with one attached hydrogen (secondary N) is 1. The average molecular weight is 374 g/mol. The number of benzene rings is 2. The van der Waals surface area contributed by atoms with Crippen LogP contribution in [0.1, 0.15) is 18.4 Å². The summed E-state index contributed by atoms with van der Waals surface area (Å²) >= 11 is 6.21. The van der Waals surface area contributed by atoms with Crippen LogP contribution in [0, 0.1) is 12.7 Å². The molecule has 1 amide bonds. The number of carbonyl (C=O) groups is 1. The van der Waals surface area contributed by atoms with Crippen LogP contribution in [0.25, 0.3) is 0 Å². The zero-order chi connectivity index (χ0) is 18.3. The molecule has 2 aromatic rings. The predicted octanol–water partition coefficient (Wildman–Crippen LogP) is 3.72. The van der Waals surface area contributed by atoms with E-state index < -0.39 is 11.4 Å². The van der Waals surface area contributed by atoms with Crippen molar-refractivity contribution in [2.75, 3.05) is 29.6 Å². The normalized spacial score (nSPS) is 19.4. The molecule has 1 spiro atoms. The molecule has 136 valence electrons. The zero-order valence-corrected chi connectivity index (χ0v) is 15.4. The van der Waals surface area contributed by atoms with Gasteiger partial charge in [-0.2, -0.15) is 0 Å². The summed E-state index contributed by atoms with van der Waals surface area (Å²) in [6.45, 7) is 3.60. The minimum Gasteiger partial charge on any atom is -0.338 e. The van der Waals surface area contributed by atoms with Gasteiger partial charge in [0.1, 0.15) is 11.4 Å². The first kappa shape index (κ1) is 17.3. The first-order valence-electron chi connectivity index (χ1n) is 8.84. The standard InChI is InChI=1S/C20H21ClFN3O/c1-14-11-17(22)18(12-16(14)21)24-13-25(15-5-3-2-4-6-15)20(19(24)26)7-9-23-10-8-20/h2-6,11-12,23H,7-10,13H2,1H3. The molecule has 0 unspecified atom stereocenters. The molecule has 6 heteroatoms. The molecule has 2 aliphatic heterocycles. The van der Waals surface area contributed by atoms with Gasteiger partial charge in [-0.3, -0.25) is 9.69 Å². The van der Waals surface area contributed by atoms with Crippen LogP contribution < -0.4 is 15.1 Å². The lowest BCUT2D eigenvalue weighted by Gasteiger charge is -2.39. The van der Waals surface area contributed by atoms with Gasteiger partial charge in [0.25, 0.3) is 5.91 Å². The fourth-order valence-corrected chi connectivity index (χ4v) is 4.15. The Morgan fingerprint density at radius 1 is 1.15 bits per heavy atom. The summed E-state index contributed by atoms with van der Waals surface area (Å²) in [7, 11) is 0. The van der Waals surface area contributed by atoms with Crippen LogP contribution in [0.2, 0.25) is 5.02 Å². The fraction of sp³-hybridized carbons (Fsp3) is 0.350. The smallest absolute Gasteiger partial charge is 0.254 e. The van der Waals surface area contributed by atoms with Crippen LogP contribution >= 0.6 is 11.6 Å². The van der Waals surface area contributed by atoms with E-state index in [9.17, 15) is 9.18 Å². The number of hydrogen-bond donors (Lipinski definition) is 1. The van der Waals surface area contributed by atoms with Crippen LogP contribution in [0.4, 0.5) is 15.8 Å². The number of anilines is 2. The van der Waals surface area contributed by atoms with Crippen molar-refractivity contribution in [1.29, 1.82) is 0 Å². The molecule has 1 N–H and O–H groups in total. The van der Waals surface area contributed by atoms with E-state index >= 15 is 0 Å². The van der Waals surface area contributed by atoms with Crippen LogP contribution in [0.3, 0.4) is 0 Å². The Hall–Kier alpha value is -2.11. The highest BCUT2D eigenvalue weighted by molar-refractivity contribution is 6.31. The molecular weight excluding hydrogens is 353 g/mol. The number of nitrogens with zero attached hydrogens (tertiary/aromatic N) is 2. The highest BCUT2D eigenvalue weighted by Crippen LogP contribution is 2.41. The molecule has 4 nitrogen and oxygen atoms in total. The minimum absolute atomic E-state index is 0.0540. The van der Waals surface area contributed by atoms with E-state index in [-0.39, 0.29) is 11.6 Å². The van der Waals surface area contributed by atoms with E-state index in [4.69, 9.17) is 11.6 Å². The molecule has 2 saturated heterocycles. The average Bonchev–Trinajstić information content (AvgIpc) is 2.92. The Labute approximate surface area is 157 Å². The van der Waals surface area contributed by atoms with Crippen molar-refractivity contribution in [3.63, 3.8) is 0 Å². The second-order valence-corrected chi connectivity index (χ2v) is 7.38. The van der Waals surface area contributed by atoms with E-state index in [0.29, 0.717) is 30.1 Å². The second-order valence-electron chi connectivity index (χ2n) is 6.97. The van der Waals surface area contributed by atoms with Gasteiger partial charge in [0, 0.05) is 10.7 Å².